The summed E-state index contributed by atoms with van der Waals surface area (Å²) >= 11 is 0. The summed E-state index contributed by atoms with van der Waals surface area (Å²) in [6.07, 6.45) is 2.70. The smallest absolute Gasteiger partial charge is 0.129 e. The van der Waals surface area contributed by atoms with Crippen LogP contribution in [-0.4, -0.2) is 10.2 Å². The van der Waals surface area contributed by atoms with Crippen molar-refractivity contribution >= 4 is 27.8 Å². The van der Waals surface area contributed by atoms with Gasteiger partial charge in [0, 0.05) is 22.7 Å². The fourth-order valence-electron chi connectivity index (χ4n) is 2.16. The van der Waals surface area contributed by atoms with Crippen molar-refractivity contribution in [3.8, 4) is 0 Å². The number of aromatic nitrogens is 1. The van der Waals surface area contributed by atoms with Crippen LogP contribution in [-0.2, 0) is 0 Å². The first kappa shape index (κ1) is 11.0. The van der Waals surface area contributed by atoms with Gasteiger partial charge < -0.3 is 10.2 Å². The first-order valence-electron chi connectivity index (χ1n) is 5.65. The molecule has 0 fully saturated rings. The van der Waals surface area contributed by atoms with Crippen LogP contribution in [0.15, 0.2) is 48.7 Å². The summed E-state index contributed by atoms with van der Waals surface area (Å²) in [5.41, 5.74) is 1.81. The minimum atomic E-state index is -0.946. The van der Waals surface area contributed by atoms with Crippen LogP contribution in [0.5, 0.6) is 0 Å². The minimum absolute atomic E-state index is 0.795. The zero-order chi connectivity index (χ0) is 12.5. The molecule has 3 aromatic rings. The minimum Gasteiger partial charge on any atom is -0.595 e. The standard InChI is InChI=1S/C14H12N2O2/c17-16(18)8-7-11-9-13-12-4-2-1-3-10(12)5-6-14(13)15-11/h1-9,15-17H/b8-7+. The van der Waals surface area contributed by atoms with Crippen molar-refractivity contribution in [2.24, 2.45) is 0 Å². The number of fused-ring (bicyclic) bond motifs is 3. The summed E-state index contributed by atoms with van der Waals surface area (Å²) in [7, 11) is 0. The third kappa shape index (κ3) is 1.89. The number of H-pyrrole nitrogens is 1. The van der Waals surface area contributed by atoms with Crippen molar-refractivity contribution in [2.75, 3.05) is 0 Å². The molecule has 0 saturated carbocycles. The van der Waals surface area contributed by atoms with Gasteiger partial charge in [0.2, 0.25) is 0 Å². The Kier molecular flexibility index (Phi) is 2.60. The van der Waals surface area contributed by atoms with Crippen LogP contribution in [0.2, 0.25) is 0 Å². The Hall–Kier alpha value is -2.14. The summed E-state index contributed by atoms with van der Waals surface area (Å²) in [6.45, 7) is 0. The number of hydroxylamine groups is 2. The molecule has 1 unspecified atom stereocenters. The summed E-state index contributed by atoms with van der Waals surface area (Å²) in [5, 5.41) is 21.6. The average molecular weight is 240 g/mol. The molecule has 0 radical (unpaired) electrons. The summed E-state index contributed by atoms with van der Waals surface area (Å²) in [6, 6.07) is 14.2. The highest BCUT2D eigenvalue weighted by Gasteiger charge is 2.03. The number of hydrogen-bond donors (Lipinski definition) is 3. The van der Waals surface area contributed by atoms with Crippen molar-refractivity contribution < 1.29 is 10.4 Å². The second-order valence-corrected chi connectivity index (χ2v) is 4.14. The fraction of sp³-hybridized carbons (Fsp3) is 0. The third-order valence-corrected chi connectivity index (χ3v) is 2.96. The maximum absolute atomic E-state index is 10.5. The molecule has 0 amide bonds. The maximum Gasteiger partial charge on any atom is 0.129 e. The number of quaternary nitrogens is 1. The van der Waals surface area contributed by atoms with Gasteiger partial charge in [0.05, 0.1) is 0 Å². The highest BCUT2D eigenvalue weighted by atomic mass is 16.8. The number of rotatable bonds is 2. The molecule has 4 heteroatoms. The SMILES string of the molecule is [O-][NH+](O)/C=C/c1cc2c(ccc3ccccc32)[nH]1. The second kappa shape index (κ2) is 4.27. The van der Waals surface area contributed by atoms with Gasteiger partial charge in [-0.2, -0.15) is 0 Å². The van der Waals surface area contributed by atoms with Crippen LogP contribution in [0.3, 0.4) is 0 Å². The Bertz CT molecular complexity index is 729. The molecule has 0 aliphatic carbocycles. The number of hydrogen-bond acceptors (Lipinski definition) is 2. The molecule has 1 aromatic heterocycles. The number of benzene rings is 2. The van der Waals surface area contributed by atoms with Gasteiger partial charge in [-0.15, -0.1) is 0 Å². The predicted molar refractivity (Wildman–Crippen MR) is 71.0 cm³/mol. The van der Waals surface area contributed by atoms with Crippen LogP contribution in [0.25, 0.3) is 27.8 Å². The lowest BCUT2D eigenvalue weighted by atomic mass is 10.1. The molecule has 1 atom stereocenters. The van der Waals surface area contributed by atoms with Gasteiger partial charge in [-0.25, -0.2) is 10.4 Å². The lowest BCUT2D eigenvalue weighted by Crippen LogP contribution is -2.99. The van der Waals surface area contributed by atoms with Crippen LogP contribution in [0.1, 0.15) is 5.69 Å². The van der Waals surface area contributed by atoms with E-state index in [4.69, 9.17) is 5.21 Å². The first-order valence-corrected chi connectivity index (χ1v) is 5.65. The molecule has 0 spiro atoms. The highest BCUT2D eigenvalue weighted by molar-refractivity contribution is 6.07. The van der Waals surface area contributed by atoms with Crippen molar-refractivity contribution in [1.82, 2.24) is 4.98 Å². The van der Waals surface area contributed by atoms with E-state index in [0.717, 1.165) is 22.8 Å². The van der Waals surface area contributed by atoms with Gasteiger partial charge in [0.25, 0.3) is 0 Å². The van der Waals surface area contributed by atoms with Gasteiger partial charge in [-0.05, 0) is 22.9 Å². The highest BCUT2D eigenvalue weighted by Crippen LogP contribution is 2.26. The quantitative estimate of drug-likeness (QED) is 0.600. The Morgan fingerprint density at radius 1 is 1.11 bits per heavy atom. The summed E-state index contributed by atoms with van der Waals surface area (Å²) in [5.74, 6) is 0. The van der Waals surface area contributed by atoms with E-state index in [2.05, 4.69) is 23.2 Å². The molecule has 18 heavy (non-hydrogen) atoms. The van der Waals surface area contributed by atoms with E-state index in [-0.39, 0.29) is 0 Å². The molecule has 2 aromatic carbocycles. The monoisotopic (exact) mass is 240 g/mol. The lowest BCUT2D eigenvalue weighted by Gasteiger charge is -2.02. The van der Waals surface area contributed by atoms with E-state index < -0.39 is 5.23 Å². The lowest BCUT2D eigenvalue weighted by molar-refractivity contribution is -1.00. The zero-order valence-corrected chi connectivity index (χ0v) is 9.55. The molecule has 1 heterocycles. The topological polar surface area (TPSA) is 63.5 Å². The van der Waals surface area contributed by atoms with Crippen LogP contribution >= 0.6 is 0 Å². The Balaban J connectivity index is 2.19. The zero-order valence-electron chi connectivity index (χ0n) is 9.55. The van der Waals surface area contributed by atoms with Crippen LogP contribution in [0.4, 0.5) is 0 Å². The molecule has 3 N–H and O–H groups in total. The van der Waals surface area contributed by atoms with E-state index in [1.165, 1.54) is 10.8 Å². The van der Waals surface area contributed by atoms with Crippen molar-refractivity contribution in [3.63, 3.8) is 0 Å². The van der Waals surface area contributed by atoms with E-state index in [1.807, 2.05) is 24.3 Å². The molecule has 0 bridgehead atoms. The molecule has 0 aliphatic heterocycles. The molecular weight excluding hydrogens is 228 g/mol. The van der Waals surface area contributed by atoms with Crippen LogP contribution < -0.4 is 5.23 Å². The van der Waals surface area contributed by atoms with Gasteiger partial charge >= 0.3 is 0 Å². The fourth-order valence-corrected chi connectivity index (χ4v) is 2.16. The van der Waals surface area contributed by atoms with E-state index in [0.29, 0.717) is 0 Å². The summed E-state index contributed by atoms with van der Waals surface area (Å²) < 4.78 is 0. The van der Waals surface area contributed by atoms with Crippen molar-refractivity contribution in [1.29, 1.82) is 0 Å². The normalized spacial score (nSPS) is 13.7. The Morgan fingerprint density at radius 3 is 2.78 bits per heavy atom. The van der Waals surface area contributed by atoms with E-state index in [9.17, 15) is 5.21 Å². The molecule has 90 valence electrons. The van der Waals surface area contributed by atoms with Gasteiger partial charge in [-0.3, -0.25) is 0 Å². The Morgan fingerprint density at radius 2 is 1.94 bits per heavy atom. The third-order valence-electron chi connectivity index (χ3n) is 2.96. The van der Waals surface area contributed by atoms with E-state index in [1.54, 1.807) is 6.08 Å². The molecule has 3 rings (SSSR count). The molecule has 4 nitrogen and oxygen atoms in total. The van der Waals surface area contributed by atoms with Crippen LogP contribution in [0, 0.1) is 5.21 Å². The summed E-state index contributed by atoms with van der Waals surface area (Å²) in [4.78, 5) is 3.19. The average Bonchev–Trinajstić information content (AvgIpc) is 2.79. The predicted octanol–water partition coefficient (Wildman–Crippen LogP) is 2.06. The number of nitrogens with one attached hydrogen (secondary N) is 2. The van der Waals surface area contributed by atoms with Gasteiger partial charge in [0.15, 0.2) is 0 Å². The van der Waals surface area contributed by atoms with Crippen molar-refractivity contribution in [2.45, 2.75) is 0 Å². The van der Waals surface area contributed by atoms with Crippen molar-refractivity contribution in [3.05, 3.63) is 59.6 Å². The molecule has 0 saturated heterocycles. The van der Waals surface area contributed by atoms with Gasteiger partial charge in [-0.1, -0.05) is 30.3 Å². The second-order valence-electron chi connectivity index (χ2n) is 4.14. The largest absolute Gasteiger partial charge is 0.595 e. The van der Waals surface area contributed by atoms with E-state index >= 15 is 0 Å². The number of aromatic amines is 1. The molecule has 0 aliphatic rings. The first-order chi connectivity index (χ1) is 8.74. The molecular formula is C14H12N2O2. The van der Waals surface area contributed by atoms with Gasteiger partial charge in [0.1, 0.15) is 6.20 Å². The maximum atomic E-state index is 10.5. The Labute approximate surface area is 103 Å².